The van der Waals surface area contributed by atoms with Crippen LogP contribution in [0.3, 0.4) is 0 Å². The molecule has 0 heterocycles. The molecular formula is C18H32N2O4. The van der Waals surface area contributed by atoms with Crippen molar-refractivity contribution in [3.63, 3.8) is 0 Å². The van der Waals surface area contributed by atoms with E-state index in [1.807, 2.05) is 6.92 Å². The van der Waals surface area contributed by atoms with Crippen LogP contribution in [0.15, 0.2) is 9.98 Å². The van der Waals surface area contributed by atoms with Gasteiger partial charge in [-0.3, -0.25) is 0 Å². The molecule has 1 rings (SSSR count). The Morgan fingerprint density at radius 3 is 2.12 bits per heavy atom. The quantitative estimate of drug-likeness (QED) is 0.549. The number of hydrogen-bond donors (Lipinski definition) is 2. The number of aliphatic imine (C=N–C) groups is 2. The lowest BCUT2D eigenvalue weighted by Crippen LogP contribution is -2.39. The molecule has 1 fully saturated rings. The highest BCUT2D eigenvalue weighted by Crippen LogP contribution is 2.47. The van der Waals surface area contributed by atoms with Gasteiger partial charge in [-0.15, -0.1) is 0 Å². The van der Waals surface area contributed by atoms with E-state index in [9.17, 15) is 9.59 Å². The molecule has 0 saturated heterocycles. The minimum absolute atomic E-state index is 0.00750. The van der Waals surface area contributed by atoms with Gasteiger partial charge in [-0.1, -0.05) is 27.7 Å². The third kappa shape index (κ3) is 9.74. The summed E-state index contributed by atoms with van der Waals surface area (Å²) in [5, 5.41) is 16.8. The summed E-state index contributed by atoms with van der Waals surface area (Å²) in [5.41, 5.74) is 0.0561. The smallest absolute Gasteiger partial charge is 0.235 e. The van der Waals surface area contributed by atoms with Crippen molar-refractivity contribution in [1.82, 2.24) is 0 Å². The lowest BCUT2D eigenvalue weighted by atomic mass is 9.63. The Morgan fingerprint density at radius 1 is 1.08 bits per heavy atom. The van der Waals surface area contributed by atoms with E-state index in [4.69, 9.17) is 10.2 Å². The van der Waals surface area contributed by atoms with E-state index in [1.54, 1.807) is 12.2 Å². The summed E-state index contributed by atoms with van der Waals surface area (Å²) in [7, 11) is 0. The number of carbonyl (C=O) groups excluding carboxylic acids is 2. The van der Waals surface area contributed by atoms with Crippen molar-refractivity contribution in [2.75, 3.05) is 19.8 Å². The molecule has 0 bridgehead atoms. The maximum Gasteiger partial charge on any atom is 0.235 e. The van der Waals surface area contributed by atoms with Crippen LogP contribution in [0.2, 0.25) is 0 Å². The van der Waals surface area contributed by atoms with Gasteiger partial charge in [0, 0.05) is 13.2 Å². The standard InChI is InChI=1S/C12H18N2O2.C6H14O2/c1-11(2)4-10(14-9-16)5-12(3,6-11)7-13-8-15;1-6(2-4-7)3-5-8/h10H,4-7H2,1-3H3;6-8H,2-5H2,1H3. The molecule has 0 aromatic rings. The van der Waals surface area contributed by atoms with Crippen molar-refractivity contribution in [1.29, 1.82) is 0 Å². The summed E-state index contributed by atoms with van der Waals surface area (Å²) in [6.45, 7) is 9.35. The van der Waals surface area contributed by atoms with Gasteiger partial charge in [-0.05, 0) is 48.9 Å². The monoisotopic (exact) mass is 340 g/mol. The van der Waals surface area contributed by atoms with Crippen LogP contribution in [0.1, 0.15) is 59.8 Å². The molecule has 0 spiro atoms. The van der Waals surface area contributed by atoms with Crippen molar-refractivity contribution in [2.45, 2.75) is 65.8 Å². The van der Waals surface area contributed by atoms with E-state index in [0.29, 0.717) is 12.5 Å². The minimum atomic E-state index is -0.0653. The first kappa shape index (κ1) is 22.7. The molecule has 0 aromatic heterocycles. The zero-order valence-corrected chi connectivity index (χ0v) is 15.4. The van der Waals surface area contributed by atoms with E-state index in [2.05, 4.69) is 30.8 Å². The van der Waals surface area contributed by atoms with Crippen LogP contribution in [0.5, 0.6) is 0 Å². The van der Waals surface area contributed by atoms with Crippen molar-refractivity contribution in [3.8, 4) is 0 Å². The Labute approximate surface area is 145 Å². The SMILES string of the molecule is CC(CCO)CCO.CC1(C)CC(N=C=O)CC(C)(CN=C=O)C1. The Morgan fingerprint density at radius 2 is 1.67 bits per heavy atom. The van der Waals surface area contributed by atoms with E-state index in [0.717, 1.165) is 32.1 Å². The summed E-state index contributed by atoms with van der Waals surface area (Å²) in [6.07, 6.45) is 7.49. The molecule has 1 aliphatic carbocycles. The minimum Gasteiger partial charge on any atom is -0.396 e. The summed E-state index contributed by atoms with van der Waals surface area (Å²) in [6, 6.07) is 0.00750. The number of hydrogen-bond acceptors (Lipinski definition) is 6. The van der Waals surface area contributed by atoms with Crippen LogP contribution in [0.4, 0.5) is 0 Å². The molecule has 138 valence electrons. The first-order valence-electron chi connectivity index (χ1n) is 8.54. The number of aliphatic hydroxyl groups is 2. The van der Waals surface area contributed by atoms with Gasteiger partial charge in [0.05, 0.1) is 12.6 Å². The molecule has 2 N–H and O–H groups in total. The molecule has 1 aliphatic rings. The van der Waals surface area contributed by atoms with Crippen LogP contribution in [0.25, 0.3) is 0 Å². The van der Waals surface area contributed by atoms with Gasteiger partial charge in [-0.25, -0.2) is 19.6 Å². The molecule has 0 aromatic carbocycles. The van der Waals surface area contributed by atoms with Crippen molar-refractivity contribution >= 4 is 12.2 Å². The zero-order chi connectivity index (χ0) is 18.6. The molecule has 1 saturated carbocycles. The second-order valence-corrected chi connectivity index (χ2v) is 7.97. The number of rotatable bonds is 7. The van der Waals surface area contributed by atoms with E-state index in [1.165, 1.54) is 0 Å². The predicted octanol–water partition coefficient (Wildman–Crippen LogP) is 2.63. The Bertz CT molecular complexity index is 448. The fourth-order valence-electron chi connectivity index (χ4n) is 3.67. The summed E-state index contributed by atoms with van der Waals surface area (Å²) in [5.74, 6) is 0.463. The molecule has 2 atom stereocenters. The molecule has 0 aliphatic heterocycles. The number of aliphatic hydroxyl groups excluding tert-OH is 2. The van der Waals surface area contributed by atoms with Crippen LogP contribution in [0, 0.1) is 16.7 Å². The van der Waals surface area contributed by atoms with Gasteiger partial charge in [0.2, 0.25) is 12.2 Å². The van der Waals surface area contributed by atoms with Crippen LogP contribution in [-0.2, 0) is 9.59 Å². The predicted molar refractivity (Wildman–Crippen MR) is 93.2 cm³/mol. The highest BCUT2D eigenvalue weighted by Gasteiger charge is 2.41. The number of isocyanates is 2. The second kappa shape index (κ2) is 11.3. The maximum atomic E-state index is 10.3. The molecule has 6 heteroatoms. The van der Waals surface area contributed by atoms with Gasteiger partial charge in [-0.2, -0.15) is 0 Å². The molecule has 0 amide bonds. The highest BCUT2D eigenvalue weighted by atomic mass is 16.3. The molecule has 2 unspecified atom stereocenters. The average molecular weight is 340 g/mol. The average Bonchev–Trinajstić information content (AvgIpc) is 2.45. The summed E-state index contributed by atoms with van der Waals surface area (Å²) in [4.78, 5) is 28.0. The van der Waals surface area contributed by atoms with E-state index >= 15 is 0 Å². The molecule has 6 nitrogen and oxygen atoms in total. The fourth-order valence-corrected chi connectivity index (χ4v) is 3.67. The van der Waals surface area contributed by atoms with Crippen molar-refractivity contribution in [2.24, 2.45) is 26.7 Å². The third-order valence-electron chi connectivity index (χ3n) is 4.43. The normalized spacial score (nSPS) is 25.0. The first-order chi connectivity index (χ1) is 11.2. The van der Waals surface area contributed by atoms with Gasteiger partial charge >= 0.3 is 0 Å². The zero-order valence-electron chi connectivity index (χ0n) is 15.4. The van der Waals surface area contributed by atoms with Crippen LogP contribution < -0.4 is 0 Å². The van der Waals surface area contributed by atoms with Crippen LogP contribution >= 0.6 is 0 Å². The molecular weight excluding hydrogens is 308 g/mol. The Hall–Kier alpha value is -1.32. The lowest BCUT2D eigenvalue weighted by Gasteiger charge is -2.44. The van der Waals surface area contributed by atoms with Gasteiger partial charge in [0.25, 0.3) is 0 Å². The lowest BCUT2D eigenvalue weighted by molar-refractivity contribution is 0.0915. The molecule has 24 heavy (non-hydrogen) atoms. The molecule has 0 radical (unpaired) electrons. The van der Waals surface area contributed by atoms with Gasteiger partial charge < -0.3 is 10.2 Å². The largest absolute Gasteiger partial charge is 0.396 e. The van der Waals surface area contributed by atoms with Gasteiger partial charge in [0.15, 0.2) is 0 Å². The summed E-state index contributed by atoms with van der Waals surface area (Å²) < 4.78 is 0. The van der Waals surface area contributed by atoms with Gasteiger partial charge in [0.1, 0.15) is 0 Å². The third-order valence-corrected chi connectivity index (χ3v) is 4.43. The second-order valence-electron chi connectivity index (χ2n) is 7.97. The topological polar surface area (TPSA) is 99.3 Å². The Kier molecular flexibility index (Phi) is 10.7. The highest BCUT2D eigenvalue weighted by molar-refractivity contribution is 5.34. The summed E-state index contributed by atoms with van der Waals surface area (Å²) >= 11 is 0. The Balaban J connectivity index is 0.000000561. The van der Waals surface area contributed by atoms with Crippen molar-refractivity contribution < 1.29 is 19.8 Å². The maximum absolute atomic E-state index is 10.3. The van der Waals surface area contributed by atoms with E-state index in [-0.39, 0.29) is 30.1 Å². The fraction of sp³-hybridized carbons (Fsp3) is 0.889. The van der Waals surface area contributed by atoms with Crippen LogP contribution in [-0.4, -0.2) is 48.2 Å². The van der Waals surface area contributed by atoms with Crippen molar-refractivity contribution in [3.05, 3.63) is 0 Å². The first-order valence-corrected chi connectivity index (χ1v) is 8.54. The van der Waals surface area contributed by atoms with E-state index < -0.39 is 0 Å². The number of nitrogens with zero attached hydrogens (tertiary/aromatic N) is 2.